The third-order valence-corrected chi connectivity index (χ3v) is 9.25. The largest absolute Gasteiger partial charge is 0.544 e. The number of carboxylic acids is 1. The van der Waals surface area contributed by atoms with E-state index in [2.05, 4.69) is 62.5 Å². The molecule has 2 atom stereocenters. The second kappa shape index (κ2) is 36.3. The number of unbranched alkanes of at least 4 members (excludes halogenated alkanes) is 17. The first-order chi connectivity index (χ1) is 25.6. The molecule has 0 aliphatic carbocycles. The van der Waals surface area contributed by atoms with Gasteiger partial charge in [-0.25, -0.2) is 0 Å². The standard InChI is InChI=1S/C45H79NO7/c1-6-8-10-12-14-16-18-19-20-21-22-23-24-26-27-29-31-33-35-43(47)52-40-41(39-51-38-37-42(45(49)50)46(3,4)5)53-44(48)36-34-32-30-28-25-17-15-13-11-9-7-2/h13,15,18-23,41-42H,6-12,14,16-17,24-40H2,1-5H3/b15-13+,19-18+,21-20+,23-22+. The molecule has 0 spiro atoms. The van der Waals surface area contributed by atoms with Gasteiger partial charge in [0.15, 0.2) is 6.10 Å². The first-order valence-corrected chi connectivity index (χ1v) is 21.2. The molecule has 0 aromatic heterocycles. The molecule has 0 aromatic rings. The topological polar surface area (TPSA) is 102 Å². The van der Waals surface area contributed by atoms with E-state index < -0.39 is 18.1 Å². The molecular weight excluding hydrogens is 666 g/mol. The van der Waals surface area contributed by atoms with Gasteiger partial charge >= 0.3 is 11.9 Å². The summed E-state index contributed by atoms with van der Waals surface area (Å²) in [6.45, 7) is 4.56. The van der Waals surface area contributed by atoms with Crippen LogP contribution in [-0.2, 0) is 28.6 Å². The zero-order valence-electron chi connectivity index (χ0n) is 34.7. The third-order valence-electron chi connectivity index (χ3n) is 9.25. The first kappa shape index (κ1) is 50.3. The molecule has 2 unspecified atom stereocenters. The van der Waals surface area contributed by atoms with Crippen molar-refractivity contribution in [3.8, 4) is 0 Å². The van der Waals surface area contributed by atoms with Crippen LogP contribution in [0, 0.1) is 0 Å². The summed E-state index contributed by atoms with van der Waals surface area (Å²) >= 11 is 0. The Hall–Kier alpha value is -2.71. The van der Waals surface area contributed by atoms with Crippen molar-refractivity contribution < 1.29 is 38.2 Å². The minimum atomic E-state index is -1.13. The van der Waals surface area contributed by atoms with Crippen molar-refractivity contribution in [3.63, 3.8) is 0 Å². The quantitative estimate of drug-likeness (QED) is 0.0205. The van der Waals surface area contributed by atoms with Crippen LogP contribution >= 0.6 is 0 Å². The SMILES string of the molecule is CCCC/C=C/CCCCCCCC(=O)OC(COCCC(C(=O)[O-])[N+](C)(C)C)COC(=O)CCCCCCC/C=C/C=C/C=C/CCCCCCC. The lowest BCUT2D eigenvalue weighted by Gasteiger charge is -2.34. The van der Waals surface area contributed by atoms with Crippen LogP contribution < -0.4 is 5.11 Å². The second-order valence-corrected chi connectivity index (χ2v) is 15.3. The molecule has 0 heterocycles. The highest BCUT2D eigenvalue weighted by atomic mass is 16.6. The molecule has 8 heteroatoms. The Labute approximate surface area is 325 Å². The van der Waals surface area contributed by atoms with Crippen molar-refractivity contribution in [3.05, 3.63) is 48.6 Å². The number of aliphatic carboxylic acids is 1. The van der Waals surface area contributed by atoms with Crippen LogP contribution in [-0.4, -0.2) is 75.5 Å². The van der Waals surface area contributed by atoms with E-state index in [1.807, 2.05) is 0 Å². The fourth-order valence-corrected chi connectivity index (χ4v) is 5.88. The summed E-state index contributed by atoms with van der Waals surface area (Å²) < 4.78 is 17.1. The summed E-state index contributed by atoms with van der Waals surface area (Å²) in [4.78, 5) is 36.7. The smallest absolute Gasteiger partial charge is 0.306 e. The van der Waals surface area contributed by atoms with Crippen molar-refractivity contribution in [2.24, 2.45) is 0 Å². The van der Waals surface area contributed by atoms with Gasteiger partial charge in [-0.3, -0.25) is 9.59 Å². The highest BCUT2D eigenvalue weighted by molar-refractivity contribution is 5.70. The average molecular weight is 746 g/mol. The number of carboxylic acid groups (broad SMARTS) is 1. The van der Waals surface area contributed by atoms with Crippen LogP contribution in [0.5, 0.6) is 0 Å². The maximum Gasteiger partial charge on any atom is 0.306 e. The fourth-order valence-electron chi connectivity index (χ4n) is 5.88. The summed E-state index contributed by atoms with van der Waals surface area (Å²) in [5.41, 5.74) is 0. The number of esters is 2. The van der Waals surface area contributed by atoms with Crippen molar-refractivity contribution in [1.82, 2.24) is 0 Å². The molecule has 0 fully saturated rings. The van der Waals surface area contributed by atoms with Gasteiger partial charge in [0.1, 0.15) is 12.6 Å². The highest BCUT2D eigenvalue weighted by Crippen LogP contribution is 2.13. The number of hydrogen-bond donors (Lipinski definition) is 0. The van der Waals surface area contributed by atoms with Crippen molar-refractivity contribution in [2.75, 3.05) is 41.0 Å². The van der Waals surface area contributed by atoms with Crippen LogP contribution in [0.25, 0.3) is 0 Å². The summed E-state index contributed by atoms with van der Waals surface area (Å²) in [6, 6.07) is -0.730. The van der Waals surface area contributed by atoms with Gasteiger partial charge in [0.05, 0.1) is 40.3 Å². The number of rotatable bonds is 37. The zero-order chi connectivity index (χ0) is 39.3. The molecule has 0 aliphatic rings. The van der Waals surface area contributed by atoms with Gasteiger partial charge in [-0.1, -0.05) is 140 Å². The van der Waals surface area contributed by atoms with Crippen LogP contribution in [0.2, 0.25) is 0 Å². The average Bonchev–Trinajstić information content (AvgIpc) is 3.11. The van der Waals surface area contributed by atoms with E-state index in [0.29, 0.717) is 12.8 Å². The Morgan fingerprint density at radius 1 is 0.566 bits per heavy atom. The summed E-state index contributed by atoms with van der Waals surface area (Å²) in [7, 11) is 5.39. The van der Waals surface area contributed by atoms with Crippen LogP contribution in [0.4, 0.5) is 0 Å². The monoisotopic (exact) mass is 746 g/mol. The number of nitrogens with zero attached hydrogens (tertiary/aromatic N) is 1. The maximum absolute atomic E-state index is 12.6. The fraction of sp³-hybridized carbons (Fsp3) is 0.756. The van der Waals surface area contributed by atoms with Crippen molar-refractivity contribution in [2.45, 2.75) is 180 Å². The van der Waals surface area contributed by atoms with Gasteiger partial charge in [-0.2, -0.15) is 0 Å². The Morgan fingerprint density at radius 2 is 1.04 bits per heavy atom. The van der Waals surface area contributed by atoms with Gasteiger partial charge < -0.3 is 28.6 Å². The van der Waals surface area contributed by atoms with Crippen LogP contribution in [0.3, 0.4) is 0 Å². The molecule has 0 saturated heterocycles. The first-order valence-electron chi connectivity index (χ1n) is 21.2. The molecular formula is C45H79NO7. The molecule has 0 N–H and O–H groups in total. The second-order valence-electron chi connectivity index (χ2n) is 15.3. The lowest BCUT2D eigenvalue weighted by molar-refractivity contribution is -0.889. The molecule has 53 heavy (non-hydrogen) atoms. The van der Waals surface area contributed by atoms with E-state index in [1.165, 1.54) is 44.9 Å². The lowest BCUT2D eigenvalue weighted by atomic mass is 10.1. The summed E-state index contributed by atoms with van der Waals surface area (Å²) in [5, 5.41) is 11.6. The predicted octanol–water partition coefficient (Wildman–Crippen LogP) is 9.91. The van der Waals surface area contributed by atoms with Gasteiger partial charge in [0, 0.05) is 19.3 Å². The molecule has 0 amide bonds. The Kier molecular flexibility index (Phi) is 34.4. The number of hydrogen-bond acceptors (Lipinski definition) is 7. The van der Waals surface area contributed by atoms with Gasteiger partial charge in [0.25, 0.3) is 0 Å². The minimum Gasteiger partial charge on any atom is -0.544 e. The normalized spacial score (nSPS) is 13.5. The van der Waals surface area contributed by atoms with Gasteiger partial charge in [0.2, 0.25) is 0 Å². The van der Waals surface area contributed by atoms with Crippen LogP contribution in [0.1, 0.15) is 168 Å². The number of carbonyl (C=O) groups is 3. The predicted molar refractivity (Wildman–Crippen MR) is 217 cm³/mol. The molecule has 0 saturated carbocycles. The van der Waals surface area contributed by atoms with E-state index in [4.69, 9.17) is 14.2 Å². The number of quaternary nitrogens is 1. The Morgan fingerprint density at radius 3 is 1.57 bits per heavy atom. The molecule has 0 bridgehead atoms. The van der Waals surface area contributed by atoms with Gasteiger partial charge in [-0.05, 0) is 57.8 Å². The molecule has 0 aromatic carbocycles. The minimum absolute atomic E-state index is 0.0296. The zero-order valence-corrected chi connectivity index (χ0v) is 34.7. The summed E-state index contributed by atoms with van der Waals surface area (Å²) in [5.74, 6) is -1.78. The van der Waals surface area contributed by atoms with E-state index in [-0.39, 0.29) is 42.7 Å². The van der Waals surface area contributed by atoms with E-state index in [0.717, 1.165) is 89.9 Å². The van der Waals surface area contributed by atoms with E-state index in [1.54, 1.807) is 21.1 Å². The maximum atomic E-state index is 12.6. The van der Waals surface area contributed by atoms with Crippen LogP contribution in [0.15, 0.2) is 48.6 Å². The number of allylic oxidation sites excluding steroid dienone is 8. The van der Waals surface area contributed by atoms with Gasteiger partial charge in [-0.15, -0.1) is 0 Å². The van der Waals surface area contributed by atoms with Crippen molar-refractivity contribution in [1.29, 1.82) is 0 Å². The highest BCUT2D eigenvalue weighted by Gasteiger charge is 2.25. The lowest BCUT2D eigenvalue weighted by Crippen LogP contribution is -2.55. The van der Waals surface area contributed by atoms with E-state index >= 15 is 0 Å². The molecule has 0 rings (SSSR count). The third kappa shape index (κ3) is 34.8. The molecule has 306 valence electrons. The number of ether oxygens (including phenoxy) is 3. The molecule has 0 aliphatic heterocycles. The molecule has 0 radical (unpaired) electrons. The number of carbonyl (C=O) groups excluding carboxylic acids is 3. The number of likely N-dealkylation sites (N-methyl/N-ethyl adjacent to an activating group) is 1. The summed E-state index contributed by atoms with van der Waals surface area (Å²) in [6.07, 6.45) is 41.3. The molecule has 8 nitrogen and oxygen atoms in total. The Bertz CT molecular complexity index is 1010. The Balaban J connectivity index is 4.39. The van der Waals surface area contributed by atoms with E-state index in [9.17, 15) is 19.5 Å². The van der Waals surface area contributed by atoms with Crippen molar-refractivity contribution >= 4 is 17.9 Å².